The number of benzene rings is 2. The van der Waals surface area contributed by atoms with Crippen molar-refractivity contribution < 1.29 is 14.3 Å². The maximum absolute atomic E-state index is 12.4. The smallest absolute Gasteiger partial charge is 0.340 e. The number of nitrogens with zero attached hydrogens (tertiary/aromatic N) is 2. The van der Waals surface area contributed by atoms with Gasteiger partial charge in [-0.1, -0.05) is 32.8 Å². The molecule has 0 bridgehead atoms. The molecular weight excluding hydrogens is 342 g/mol. The first-order chi connectivity index (χ1) is 13.1. The second kappa shape index (κ2) is 8.66. The van der Waals surface area contributed by atoms with Gasteiger partial charge >= 0.3 is 5.97 Å². The highest BCUT2D eigenvalue weighted by Crippen LogP contribution is 2.28. The molecule has 0 atom stereocenters. The van der Waals surface area contributed by atoms with E-state index in [1.807, 2.05) is 6.07 Å². The molecule has 2 aromatic carbocycles. The number of hydrogen-bond acceptors (Lipinski definition) is 6. The Kier molecular flexibility index (Phi) is 6.06. The molecule has 3 rings (SSSR count). The van der Waals surface area contributed by atoms with Crippen molar-refractivity contribution in [3.63, 3.8) is 0 Å². The van der Waals surface area contributed by atoms with E-state index in [-0.39, 0.29) is 5.97 Å². The van der Waals surface area contributed by atoms with Crippen LogP contribution in [0, 0.1) is 0 Å². The lowest BCUT2D eigenvalue weighted by molar-refractivity contribution is 0.0502. The summed E-state index contributed by atoms with van der Waals surface area (Å²) in [5.74, 6) is 0.213. The Labute approximate surface area is 158 Å². The second-order valence-electron chi connectivity index (χ2n) is 6.47. The van der Waals surface area contributed by atoms with E-state index in [2.05, 4.69) is 23.8 Å². The van der Waals surface area contributed by atoms with Crippen molar-refractivity contribution in [3.05, 3.63) is 35.9 Å². The van der Waals surface area contributed by atoms with Crippen LogP contribution in [0.4, 0.5) is 5.69 Å². The van der Waals surface area contributed by atoms with Gasteiger partial charge in [-0.2, -0.15) is 0 Å². The maximum Gasteiger partial charge on any atom is 0.340 e. The fraction of sp³-hybridized carbons (Fsp3) is 0.381. The van der Waals surface area contributed by atoms with Crippen LogP contribution in [0.25, 0.3) is 22.1 Å². The van der Waals surface area contributed by atoms with E-state index < -0.39 is 0 Å². The molecule has 6 nitrogen and oxygen atoms in total. The molecule has 0 radical (unpaired) electrons. The number of rotatable bonds is 8. The maximum atomic E-state index is 12.4. The molecule has 0 saturated heterocycles. The third kappa shape index (κ3) is 4.27. The van der Waals surface area contributed by atoms with Crippen LogP contribution in [0.15, 0.2) is 30.3 Å². The van der Waals surface area contributed by atoms with Gasteiger partial charge in [-0.3, -0.25) is 0 Å². The Bertz CT molecular complexity index is 956. The number of carbonyl (C=O) groups excluding carboxylic acids is 1. The molecular formula is C21H25N3O3. The predicted octanol–water partition coefficient (Wildman–Crippen LogP) is 4.50. The average molecular weight is 367 g/mol. The summed E-state index contributed by atoms with van der Waals surface area (Å²) >= 11 is 0. The van der Waals surface area contributed by atoms with Gasteiger partial charge in [0.15, 0.2) is 0 Å². The first-order valence-corrected chi connectivity index (χ1v) is 9.44. The summed E-state index contributed by atoms with van der Waals surface area (Å²) in [6.45, 7) is 5.15. The Morgan fingerprint density at radius 3 is 2.52 bits per heavy atom. The largest absolute Gasteiger partial charge is 0.491 e. The predicted molar refractivity (Wildman–Crippen MR) is 107 cm³/mol. The topological polar surface area (TPSA) is 87.3 Å². The molecule has 2 N–H and O–H groups in total. The van der Waals surface area contributed by atoms with E-state index in [0.717, 1.165) is 25.7 Å². The second-order valence-corrected chi connectivity index (χ2v) is 6.47. The SMILES string of the molecule is CCCCOC(=O)c1cccc2nc3cc(N)c(OCCCC)cc3nc12. The number of nitrogens with two attached hydrogens (primary N) is 1. The minimum Gasteiger partial charge on any atom is -0.491 e. The first-order valence-electron chi connectivity index (χ1n) is 9.44. The minimum absolute atomic E-state index is 0.377. The minimum atomic E-state index is -0.377. The third-order valence-corrected chi connectivity index (χ3v) is 4.30. The van der Waals surface area contributed by atoms with Gasteiger partial charge in [0.2, 0.25) is 0 Å². The van der Waals surface area contributed by atoms with Gasteiger partial charge in [0, 0.05) is 6.07 Å². The van der Waals surface area contributed by atoms with Crippen molar-refractivity contribution in [1.29, 1.82) is 0 Å². The molecule has 0 aliphatic carbocycles. The number of esters is 1. The van der Waals surface area contributed by atoms with Gasteiger partial charge in [0.1, 0.15) is 11.3 Å². The first kappa shape index (κ1) is 18.9. The summed E-state index contributed by atoms with van der Waals surface area (Å²) in [5, 5.41) is 0. The van der Waals surface area contributed by atoms with Gasteiger partial charge < -0.3 is 15.2 Å². The van der Waals surface area contributed by atoms with Gasteiger partial charge in [-0.15, -0.1) is 0 Å². The normalized spacial score (nSPS) is 11.0. The van der Waals surface area contributed by atoms with Crippen molar-refractivity contribution >= 4 is 33.7 Å². The highest BCUT2D eigenvalue weighted by Gasteiger charge is 2.15. The number of unbranched alkanes of at least 4 members (excludes halogenated alkanes) is 2. The molecule has 6 heteroatoms. The number of carbonyl (C=O) groups is 1. The molecule has 142 valence electrons. The Morgan fingerprint density at radius 2 is 1.74 bits per heavy atom. The quantitative estimate of drug-likeness (QED) is 0.273. The van der Waals surface area contributed by atoms with Crippen molar-refractivity contribution in [3.8, 4) is 5.75 Å². The van der Waals surface area contributed by atoms with E-state index >= 15 is 0 Å². The number of hydrogen-bond donors (Lipinski definition) is 1. The molecule has 3 aromatic rings. The molecule has 27 heavy (non-hydrogen) atoms. The number of para-hydroxylation sites is 1. The molecule has 0 unspecified atom stereocenters. The summed E-state index contributed by atoms with van der Waals surface area (Å²) in [5.41, 5.74) is 9.50. The summed E-state index contributed by atoms with van der Waals surface area (Å²) in [6.07, 6.45) is 3.80. The molecule has 0 aliphatic heterocycles. The van der Waals surface area contributed by atoms with Crippen LogP contribution in [0.3, 0.4) is 0 Å². The van der Waals surface area contributed by atoms with E-state index in [0.29, 0.717) is 52.3 Å². The zero-order valence-electron chi connectivity index (χ0n) is 15.8. The molecule has 0 saturated carbocycles. The van der Waals surface area contributed by atoms with Gasteiger partial charge in [-0.05, 0) is 31.0 Å². The van der Waals surface area contributed by atoms with E-state index in [1.165, 1.54) is 0 Å². The van der Waals surface area contributed by atoms with E-state index in [4.69, 9.17) is 15.2 Å². The Balaban J connectivity index is 2.00. The van der Waals surface area contributed by atoms with Crippen molar-refractivity contribution in [2.24, 2.45) is 0 Å². The van der Waals surface area contributed by atoms with Crippen molar-refractivity contribution in [2.75, 3.05) is 18.9 Å². The molecule has 0 fully saturated rings. The number of fused-ring (bicyclic) bond motifs is 2. The number of nitrogen functional groups attached to an aromatic ring is 1. The third-order valence-electron chi connectivity index (χ3n) is 4.30. The zero-order valence-corrected chi connectivity index (χ0v) is 15.8. The van der Waals surface area contributed by atoms with Crippen LogP contribution in [0.5, 0.6) is 5.75 Å². The fourth-order valence-electron chi connectivity index (χ4n) is 2.75. The van der Waals surface area contributed by atoms with Crippen LogP contribution >= 0.6 is 0 Å². The summed E-state index contributed by atoms with van der Waals surface area (Å²) < 4.78 is 11.1. The standard InChI is InChI=1S/C21H25N3O3/c1-3-5-10-26-19-13-18-17(12-15(19)22)23-16-9-7-8-14(20(16)24-18)21(25)27-11-6-4-2/h7-9,12-13H,3-6,10-11,22H2,1-2H3. The van der Waals surface area contributed by atoms with Crippen LogP contribution in [0.2, 0.25) is 0 Å². The van der Waals surface area contributed by atoms with Gasteiger partial charge in [0.25, 0.3) is 0 Å². The Morgan fingerprint density at radius 1 is 1.00 bits per heavy atom. The van der Waals surface area contributed by atoms with Crippen molar-refractivity contribution in [1.82, 2.24) is 9.97 Å². The Hall–Kier alpha value is -2.89. The molecule has 0 aliphatic rings. The fourth-order valence-corrected chi connectivity index (χ4v) is 2.75. The van der Waals surface area contributed by atoms with Crippen molar-refractivity contribution in [2.45, 2.75) is 39.5 Å². The number of anilines is 1. The van der Waals surface area contributed by atoms with Gasteiger partial charge in [-0.25, -0.2) is 14.8 Å². The number of aromatic nitrogens is 2. The molecule has 1 aromatic heterocycles. The monoisotopic (exact) mass is 367 g/mol. The molecule has 0 amide bonds. The lowest BCUT2D eigenvalue weighted by atomic mass is 10.1. The van der Waals surface area contributed by atoms with Gasteiger partial charge in [0.05, 0.1) is 41.0 Å². The zero-order chi connectivity index (χ0) is 19.2. The molecule has 0 spiro atoms. The average Bonchev–Trinajstić information content (AvgIpc) is 2.66. The lowest BCUT2D eigenvalue weighted by Crippen LogP contribution is -2.08. The highest BCUT2D eigenvalue weighted by molar-refractivity contribution is 6.03. The van der Waals surface area contributed by atoms with Crippen LogP contribution in [0.1, 0.15) is 49.9 Å². The van der Waals surface area contributed by atoms with E-state index in [9.17, 15) is 4.79 Å². The van der Waals surface area contributed by atoms with Crippen LogP contribution < -0.4 is 10.5 Å². The highest BCUT2D eigenvalue weighted by atomic mass is 16.5. The summed E-state index contributed by atoms with van der Waals surface area (Å²) in [7, 11) is 0. The van der Waals surface area contributed by atoms with Crippen LogP contribution in [-0.2, 0) is 4.74 Å². The lowest BCUT2D eigenvalue weighted by Gasteiger charge is -2.11. The summed E-state index contributed by atoms with van der Waals surface area (Å²) in [6, 6.07) is 8.87. The number of ether oxygens (including phenoxy) is 2. The molecule has 1 heterocycles. The van der Waals surface area contributed by atoms with E-state index in [1.54, 1.807) is 24.3 Å². The summed E-state index contributed by atoms with van der Waals surface area (Å²) in [4.78, 5) is 21.7. The van der Waals surface area contributed by atoms with Crippen LogP contribution in [-0.4, -0.2) is 29.2 Å².